The molecule has 1 N–H and O–H groups in total. The van der Waals surface area contributed by atoms with Crippen molar-refractivity contribution in [2.75, 3.05) is 13.2 Å². The van der Waals surface area contributed by atoms with Crippen LogP contribution in [0, 0.1) is 0 Å². The van der Waals surface area contributed by atoms with E-state index in [1.54, 1.807) is 0 Å². The van der Waals surface area contributed by atoms with E-state index < -0.39 is 0 Å². The van der Waals surface area contributed by atoms with Crippen LogP contribution in [0.3, 0.4) is 0 Å². The number of carbonyl (C=O) groups excluding carboxylic acids is 1. The minimum atomic E-state index is -0.286. The summed E-state index contributed by atoms with van der Waals surface area (Å²) in [5.41, 5.74) is 1.90. The van der Waals surface area contributed by atoms with Gasteiger partial charge in [0.05, 0.1) is 6.61 Å². The van der Waals surface area contributed by atoms with Crippen LogP contribution in [0.4, 0.5) is 0 Å². The Morgan fingerprint density at radius 2 is 1.88 bits per heavy atom. The van der Waals surface area contributed by atoms with E-state index in [9.17, 15) is 4.79 Å². The number of allylic oxidation sites excluding steroid dienone is 1. The third-order valence-electron chi connectivity index (χ3n) is 2.92. The Morgan fingerprint density at radius 3 is 2.41 bits per heavy atom. The van der Waals surface area contributed by atoms with Gasteiger partial charge in [0.15, 0.2) is 0 Å². The first kappa shape index (κ1) is 16.2. The lowest BCUT2D eigenvalue weighted by Crippen LogP contribution is -2.11. The van der Waals surface area contributed by atoms with Crippen LogP contribution in [-0.4, -0.2) is 24.3 Å². The van der Waals surface area contributed by atoms with Gasteiger partial charge in [0.1, 0.15) is 6.61 Å². The Morgan fingerprint density at radius 1 is 1.18 bits per heavy atom. The average Bonchev–Trinajstić information content (AvgIpc) is 2.35. The first-order valence-corrected chi connectivity index (χ1v) is 6.63. The summed E-state index contributed by atoms with van der Waals surface area (Å²) in [7, 11) is 0. The molecule has 0 aliphatic carbocycles. The summed E-state index contributed by atoms with van der Waals surface area (Å²) in [5, 5.41) is 8.60. The smallest absolute Gasteiger partial charge is 0.333 e. The molecule has 0 saturated heterocycles. The van der Waals surface area contributed by atoms with Gasteiger partial charge in [-0.15, -0.1) is 0 Å². The first-order valence-electron chi connectivity index (χ1n) is 6.63. The fourth-order valence-corrected chi connectivity index (χ4v) is 1.79. The van der Waals surface area contributed by atoms with E-state index in [1.807, 2.05) is 6.92 Å². The monoisotopic (exact) mass is 242 g/mol. The van der Waals surface area contributed by atoms with E-state index >= 15 is 0 Å². The molecule has 0 bridgehead atoms. The number of rotatable bonds is 9. The normalized spacial score (nSPS) is 12.2. The van der Waals surface area contributed by atoms with Crippen molar-refractivity contribution < 1.29 is 14.6 Å². The summed E-state index contributed by atoms with van der Waals surface area (Å²) in [4.78, 5) is 11.6. The van der Waals surface area contributed by atoms with Crippen molar-refractivity contribution in [1.29, 1.82) is 0 Å². The molecule has 0 amide bonds. The molecular weight excluding hydrogens is 216 g/mol. The summed E-state index contributed by atoms with van der Waals surface area (Å²) in [6.45, 7) is 6.05. The topological polar surface area (TPSA) is 46.5 Å². The maximum atomic E-state index is 11.6. The molecule has 0 spiro atoms. The zero-order chi connectivity index (χ0) is 13.1. The zero-order valence-corrected chi connectivity index (χ0v) is 11.4. The molecule has 0 aliphatic rings. The Bertz CT molecular complexity index is 244. The minimum absolute atomic E-state index is 0.0863. The molecule has 0 heterocycles. The van der Waals surface area contributed by atoms with E-state index in [1.165, 1.54) is 24.8 Å². The lowest BCUT2D eigenvalue weighted by molar-refractivity contribution is -0.140. The lowest BCUT2D eigenvalue weighted by Gasteiger charge is -2.10. The maximum absolute atomic E-state index is 11.6. The highest BCUT2D eigenvalue weighted by Gasteiger charge is 2.10. The highest BCUT2D eigenvalue weighted by molar-refractivity contribution is 5.88. The van der Waals surface area contributed by atoms with Gasteiger partial charge in [0, 0.05) is 5.57 Å². The van der Waals surface area contributed by atoms with Gasteiger partial charge in [0.2, 0.25) is 0 Å². The third kappa shape index (κ3) is 7.16. The van der Waals surface area contributed by atoms with Gasteiger partial charge >= 0.3 is 5.97 Å². The maximum Gasteiger partial charge on any atom is 0.333 e. The fourth-order valence-electron chi connectivity index (χ4n) is 1.79. The van der Waals surface area contributed by atoms with Gasteiger partial charge in [-0.25, -0.2) is 4.79 Å². The second-order valence-electron chi connectivity index (χ2n) is 4.25. The van der Waals surface area contributed by atoms with Gasteiger partial charge in [0.25, 0.3) is 0 Å². The number of unbranched alkanes of at least 4 members (excludes halogenated alkanes) is 3. The number of ether oxygens (including phenoxy) is 1. The summed E-state index contributed by atoms with van der Waals surface area (Å²) < 4.78 is 4.92. The van der Waals surface area contributed by atoms with Crippen molar-refractivity contribution in [2.45, 2.75) is 59.3 Å². The second-order valence-corrected chi connectivity index (χ2v) is 4.25. The van der Waals surface area contributed by atoms with Crippen molar-refractivity contribution in [2.24, 2.45) is 0 Å². The molecule has 3 heteroatoms. The Balaban J connectivity index is 4.21. The molecule has 0 radical (unpaired) electrons. The van der Waals surface area contributed by atoms with Crippen molar-refractivity contribution in [1.82, 2.24) is 0 Å². The molecule has 0 rings (SSSR count). The molecule has 0 unspecified atom stereocenters. The summed E-state index contributed by atoms with van der Waals surface area (Å²) >= 11 is 0. The van der Waals surface area contributed by atoms with Crippen LogP contribution in [0.2, 0.25) is 0 Å². The van der Waals surface area contributed by atoms with Crippen molar-refractivity contribution in [3.8, 4) is 0 Å². The second kappa shape index (κ2) is 10.3. The highest BCUT2D eigenvalue weighted by atomic mass is 16.5. The molecule has 0 atom stereocenters. The molecule has 100 valence electrons. The first-order chi connectivity index (χ1) is 8.17. The van der Waals surface area contributed by atoms with E-state index in [0.717, 1.165) is 24.8 Å². The molecule has 0 fully saturated rings. The van der Waals surface area contributed by atoms with E-state index in [2.05, 4.69) is 13.8 Å². The van der Waals surface area contributed by atoms with Crippen LogP contribution in [0.1, 0.15) is 59.3 Å². The van der Waals surface area contributed by atoms with Gasteiger partial charge in [-0.1, -0.05) is 38.7 Å². The van der Waals surface area contributed by atoms with Gasteiger partial charge < -0.3 is 9.84 Å². The summed E-state index contributed by atoms with van der Waals surface area (Å²) in [6.07, 6.45) is 6.72. The van der Waals surface area contributed by atoms with E-state index in [0.29, 0.717) is 0 Å². The molecule has 0 aromatic carbocycles. The van der Waals surface area contributed by atoms with Crippen LogP contribution < -0.4 is 0 Å². The summed E-state index contributed by atoms with van der Waals surface area (Å²) in [6, 6.07) is 0. The van der Waals surface area contributed by atoms with Crippen molar-refractivity contribution >= 4 is 5.97 Å². The largest absolute Gasteiger partial charge is 0.460 e. The van der Waals surface area contributed by atoms with Crippen LogP contribution in [0.5, 0.6) is 0 Å². The highest BCUT2D eigenvalue weighted by Crippen LogP contribution is 2.18. The fraction of sp³-hybridized carbons (Fsp3) is 0.786. The minimum Gasteiger partial charge on any atom is -0.460 e. The van der Waals surface area contributed by atoms with Crippen LogP contribution in [0.25, 0.3) is 0 Å². The molecular formula is C14H26O3. The SMILES string of the molecule is CCCCCCC(CC)=C(C)C(=O)OCCO. The van der Waals surface area contributed by atoms with Crippen LogP contribution in [0.15, 0.2) is 11.1 Å². The zero-order valence-electron chi connectivity index (χ0n) is 11.4. The van der Waals surface area contributed by atoms with Crippen LogP contribution in [-0.2, 0) is 9.53 Å². The number of aliphatic hydroxyl groups excluding tert-OH is 1. The molecule has 0 aliphatic heterocycles. The van der Waals surface area contributed by atoms with E-state index in [-0.39, 0.29) is 19.2 Å². The van der Waals surface area contributed by atoms with Gasteiger partial charge in [-0.05, 0) is 26.2 Å². The van der Waals surface area contributed by atoms with Crippen molar-refractivity contribution in [3.05, 3.63) is 11.1 Å². The van der Waals surface area contributed by atoms with E-state index in [4.69, 9.17) is 9.84 Å². The number of hydrogen-bond donors (Lipinski definition) is 1. The predicted octanol–water partition coefficient (Wildman–Crippen LogP) is 3.22. The molecule has 17 heavy (non-hydrogen) atoms. The number of aliphatic hydroxyl groups is 1. The quantitative estimate of drug-likeness (QED) is 0.383. The lowest BCUT2D eigenvalue weighted by atomic mass is 10.00. The Kier molecular flexibility index (Phi) is 9.83. The average molecular weight is 242 g/mol. The molecule has 3 nitrogen and oxygen atoms in total. The van der Waals surface area contributed by atoms with Crippen LogP contribution >= 0.6 is 0 Å². The third-order valence-corrected chi connectivity index (χ3v) is 2.92. The standard InChI is InChI=1S/C14H26O3/c1-4-6-7-8-9-13(5-2)12(3)14(16)17-11-10-15/h15H,4-11H2,1-3H3. The number of hydrogen-bond acceptors (Lipinski definition) is 3. The summed E-state index contributed by atoms with van der Waals surface area (Å²) in [5.74, 6) is -0.286. The predicted molar refractivity (Wildman–Crippen MR) is 69.8 cm³/mol. The Labute approximate surface area is 105 Å². The van der Waals surface area contributed by atoms with Gasteiger partial charge in [-0.3, -0.25) is 0 Å². The molecule has 0 saturated carbocycles. The van der Waals surface area contributed by atoms with Gasteiger partial charge in [-0.2, -0.15) is 0 Å². The molecule has 0 aromatic heterocycles. The molecule has 0 aromatic rings. The number of carbonyl (C=O) groups is 1. The van der Waals surface area contributed by atoms with Crippen molar-refractivity contribution in [3.63, 3.8) is 0 Å². The Hall–Kier alpha value is -0.830. The number of esters is 1.